The normalized spacial score (nSPS) is 10.6. The zero-order valence-electron chi connectivity index (χ0n) is 17.1. The summed E-state index contributed by atoms with van der Waals surface area (Å²) in [6.45, 7) is 5.19. The first-order valence-corrected chi connectivity index (χ1v) is 9.64. The summed E-state index contributed by atoms with van der Waals surface area (Å²) in [7, 11) is 1.32. The van der Waals surface area contributed by atoms with Gasteiger partial charge in [-0.1, -0.05) is 19.4 Å². The predicted octanol–water partition coefficient (Wildman–Crippen LogP) is 4.70. The van der Waals surface area contributed by atoms with Crippen molar-refractivity contribution in [1.29, 1.82) is 0 Å². The second-order valence-corrected chi connectivity index (χ2v) is 6.23. The summed E-state index contributed by atoms with van der Waals surface area (Å²) in [6.07, 6.45) is 5.19. The van der Waals surface area contributed by atoms with Crippen LogP contribution in [0.15, 0.2) is 48.5 Å². The maximum Gasteiger partial charge on any atom is 0.337 e. The van der Waals surface area contributed by atoms with Gasteiger partial charge in [0.2, 0.25) is 5.91 Å². The van der Waals surface area contributed by atoms with Gasteiger partial charge in [0.15, 0.2) is 11.5 Å². The number of methoxy groups -OCH3 is 1. The molecule has 6 heteroatoms. The summed E-state index contributed by atoms with van der Waals surface area (Å²) in [6, 6.07) is 12.1. The molecule has 6 nitrogen and oxygen atoms in total. The molecule has 0 aliphatic rings. The molecule has 2 rings (SSSR count). The van der Waals surface area contributed by atoms with Gasteiger partial charge in [0.1, 0.15) is 0 Å². The van der Waals surface area contributed by atoms with E-state index in [1.165, 1.54) is 13.2 Å². The predicted molar refractivity (Wildman–Crippen MR) is 113 cm³/mol. The molecule has 1 N–H and O–H groups in total. The first kappa shape index (κ1) is 22.0. The molecule has 2 aromatic rings. The van der Waals surface area contributed by atoms with Gasteiger partial charge in [0.25, 0.3) is 0 Å². The lowest BCUT2D eigenvalue weighted by atomic mass is 10.1. The van der Waals surface area contributed by atoms with E-state index in [2.05, 4.69) is 17.0 Å². The lowest BCUT2D eigenvalue weighted by Gasteiger charge is -2.12. The molecule has 29 heavy (non-hydrogen) atoms. The number of nitrogens with one attached hydrogen (secondary N) is 1. The van der Waals surface area contributed by atoms with Crippen LogP contribution in [0.1, 0.15) is 42.6 Å². The Labute approximate surface area is 171 Å². The van der Waals surface area contributed by atoms with Crippen molar-refractivity contribution >= 4 is 23.6 Å². The summed E-state index contributed by atoms with van der Waals surface area (Å²) >= 11 is 0. The van der Waals surface area contributed by atoms with E-state index in [1.54, 1.807) is 30.3 Å². The topological polar surface area (TPSA) is 73.9 Å². The highest BCUT2D eigenvalue weighted by molar-refractivity contribution is 6.02. The molecule has 0 heterocycles. The average molecular weight is 397 g/mol. The minimum atomic E-state index is -0.421. The van der Waals surface area contributed by atoms with Gasteiger partial charge < -0.3 is 19.5 Å². The van der Waals surface area contributed by atoms with Gasteiger partial charge >= 0.3 is 5.97 Å². The molecule has 2 aromatic carbocycles. The summed E-state index contributed by atoms with van der Waals surface area (Å²) in [5.74, 6) is 0.657. The van der Waals surface area contributed by atoms with Gasteiger partial charge in [-0.25, -0.2) is 4.79 Å². The minimum Gasteiger partial charge on any atom is -0.490 e. The van der Waals surface area contributed by atoms with Crippen molar-refractivity contribution in [3.8, 4) is 11.5 Å². The molecule has 0 aliphatic carbocycles. The fraction of sp³-hybridized carbons (Fsp3) is 0.304. The number of benzene rings is 2. The molecule has 0 radical (unpaired) electrons. The van der Waals surface area contributed by atoms with E-state index in [9.17, 15) is 9.59 Å². The third kappa shape index (κ3) is 6.99. The van der Waals surface area contributed by atoms with E-state index in [1.807, 2.05) is 25.1 Å². The van der Waals surface area contributed by atoms with Crippen molar-refractivity contribution in [3.05, 3.63) is 59.7 Å². The zero-order chi connectivity index (χ0) is 21.1. The molecule has 0 atom stereocenters. The second-order valence-electron chi connectivity index (χ2n) is 6.23. The number of rotatable bonds is 10. The zero-order valence-corrected chi connectivity index (χ0v) is 17.1. The summed E-state index contributed by atoms with van der Waals surface area (Å²) < 4.78 is 16.1. The lowest BCUT2D eigenvalue weighted by molar-refractivity contribution is -0.111. The molecule has 0 aromatic heterocycles. The van der Waals surface area contributed by atoms with Crippen LogP contribution in [0.2, 0.25) is 0 Å². The third-order valence-electron chi connectivity index (χ3n) is 4.02. The Morgan fingerprint density at radius 3 is 2.41 bits per heavy atom. The standard InChI is InChI=1S/C23H27NO5/c1-4-6-15-29-20-13-7-17(16-21(20)28-5-2)8-14-22(25)24-19-11-9-18(10-12-19)23(26)27-3/h7-14,16H,4-6,15H2,1-3H3,(H,24,25)/b14-8+. The second kappa shape index (κ2) is 11.5. The van der Waals surface area contributed by atoms with Crippen LogP contribution in [-0.4, -0.2) is 32.2 Å². The maximum absolute atomic E-state index is 12.2. The molecular formula is C23H27NO5. The van der Waals surface area contributed by atoms with Gasteiger partial charge in [-0.3, -0.25) is 4.79 Å². The summed E-state index contributed by atoms with van der Waals surface area (Å²) in [5, 5.41) is 2.75. The highest BCUT2D eigenvalue weighted by Gasteiger charge is 2.07. The van der Waals surface area contributed by atoms with Crippen LogP contribution in [0.25, 0.3) is 6.08 Å². The number of ether oxygens (including phenoxy) is 3. The fourth-order valence-corrected chi connectivity index (χ4v) is 2.51. The molecule has 0 fully saturated rings. The quantitative estimate of drug-likeness (QED) is 0.357. The van der Waals surface area contributed by atoms with E-state index in [0.717, 1.165) is 18.4 Å². The summed E-state index contributed by atoms with van der Waals surface area (Å²) in [5.41, 5.74) is 1.83. The largest absolute Gasteiger partial charge is 0.490 e. The lowest BCUT2D eigenvalue weighted by Crippen LogP contribution is -2.08. The molecular weight excluding hydrogens is 370 g/mol. The SMILES string of the molecule is CCCCOc1ccc(/C=C/C(=O)Nc2ccc(C(=O)OC)cc2)cc1OCC. The van der Waals surface area contributed by atoms with Crippen molar-refractivity contribution in [2.24, 2.45) is 0 Å². The van der Waals surface area contributed by atoms with E-state index in [0.29, 0.717) is 36.0 Å². The molecule has 0 saturated carbocycles. The Kier molecular flexibility index (Phi) is 8.76. The highest BCUT2D eigenvalue weighted by Crippen LogP contribution is 2.29. The van der Waals surface area contributed by atoms with Crippen LogP contribution >= 0.6 is 0 Å². The van der Waals surface area contributed by atoms with Crippen molar-refractivity contribution in [3.63, 3.8) is 0 Å². The number of amides is 1. The molecule has 0 bridgehead atoms. The number of unbranched alkanes of at least 4 members (excludes halogenated alkanes) is 1. The Morgan fingerprint density at radius 2 is 1.76 bits per heavy atom. The number of carbonyl (C=O) groups is 2. The Hall–Kier alpha value is -3.28. The van der Waals surface area contributed by atoms with E-state index < -0.39 is 5.97 Å². The first-order chi connectivity index (χ1) is 14.1. The number of anilines is 1. The third-order valence-corrected chi connectivity index (χ3v) is 4.02. The number of esters is 1. The number of hydrogen-bond acceptors (Lipinski definition) is 5. The van der Waals surface area contributed by atoms with Crippen LogP contribution < -0.4 is 14.8 Å². The monoisotopic (exact) mass is 397 g/mol. The highest BCUT2D eigenvalue weighted by atomic mass is 16.5. The minimum absolute atomic E-state index is 0.281. The van der Waals surface area contributed by atoms with Gasteiger partial charge in [0, 0.05) is 11.8 Å². The molecule has 0 unspecified atom stereocenters. The first-order valence-electron chi connectivity index (χ1n) is 9.64. The van der Waals surface area contributed by atoms with Crippen LogP contribution in [-0.2, 0) is 9.53 Å². The van der Waals surface area contributed by atoms with Gasteiger partial charge in [-0.05, 0) is 61.4 Å². The van der Waals surface area contributed by atoms with E-state index in [-0.39, 0.29) is 5.91 Å². The molecule has 1 amide bonds. The maximum atomic E-state index is 12.2. The molecule has 154 valence electrons. The van der Waals surface area contributed by atoms with Gasteiger partial charge in [-0.15, -0.1) is 0 Å². The molecule has 0 spiro atoms. The van der Waals surface area contributed by atoms with Gasteiger partial charge in [-0.2, -0.15) is 0 Å². The molecule has 0 aliphatic heterocycles. The Morgan fingerprint density at radius 1 is 1.00 bits per heavy atom. The van der Waals surface area contributed by atoms with Crippen LogP contribution in [0.3, 0.4) is 0 Å². The Bertz CT molecular complexity index is 843. The van der Waals surface area contributed by atoms with E-state index in [4.69, 9.17) is 9.47 Å². The van der Waals surface area contributed by atoms with Crippen molar-refractivity contribution in [1.82, 2.24) is 0 Å². The fourth-order valence-electron chi connectivity index (χ4n) is 2.51. The van der Waals surface area contributed by atoms with Crippen molar-refractivity contribution in [2.75, 3.05) is 25.6 Å². The van der Waals surface area contributed by atoms with E-state index >= 15 is 0 Å². The smallest absolute Gasteiger partial charge is 0.337 e. The van der Waals surface area contributed by atoms with Crippen molar-refractivity contribution < 1.29 is 23.8 Å². The average Bonchev–Trinajstić information content (AvgIpc) is 2.74. The number of carbonyl (C=O) groups excluding carboxylic acids is 2. The van der Waals surface area contributed by atoms with Crippen LogP contribution in [0.5, 0.6) is 11.5 Å². The number of hydrogen-bond donors (Lipinski definition) is 1. The van der Waals surface area contributed by atoms with Gasteiger partial charge in [0.05, 0.1) is 25.9 Å². The van der Waals surface area contributed by atoms with Crippen molar-refractivity contribution in [2.45, 2.75) is 26.7 Å². The van der Waals surface area contributed by atoms with Crippen LogP contribution in [0.4, 0.5) is 5.69 Å². The van der Waals surface area contributed by atoms with Crippen LogP contribution in [0, 0.1) is 0 Å². The Balaban J connectivity index is 2.01. The summed E-state index contributed by atoms with van der Waals surface area (Å²) in [4.78, 5) is 23.6. The molecule has 0 saturated heterocycles.